The Morgan fingerprint density at radius 2 is 1.97 bits per heavy atom. The molecule has 156 valence electrons. The second-order valence-electron chi connectivity index (χ2n) is 6.11. The van der Waals surface area contributed by atoms with Crippen molar-refractivity contribution in [2.24, 2.45) is 0 Å². The molecule has 1 heterocycles. The molecule has 0 aliphatic rings. The number of rotatable bonds is 9. The molecule has 0 fully saturated rings. The highest BCUT2D eigenvalue weighted by Gasteiger charge is 2.10. The summed E-state index contributed by atoms with van der Waals surface area (Å²) in [6, 6.07) is 13.2. The number of benzene rings is 2. The molecule has 1 amide bonds. The number of hydrogen-bond donors (Lipinski definition) is 1. The fourth-order valence-electron chi connectivity index (χ4n) is 2.44. The number of nitrogens with one attached hydrogen (secondary N) is 1. The van der Waals surface area contributed by atoms with Crippen LogP contribution in [0.1, 0.15) is 18.9 Å². The van der Waals surface area contributed by atoms with Crippen LogP contribution in [0.15, 0.2) is 71.1 Å². The average molecular weight is 443 g/mol. The number of aromatic nitrogens is 1. The van der Waals surface area contributed by atoms with Crippen LogP contribution in [0.25, 0.3) is 10.8 Å². The fourth-order valence-corrected chi connectivity index (χ4v) is 4.11. The van der Waals surface area contributed by atoms with E-state index in [-0.39, 0.29) is 15.9 Å². The average Bonchev–Trinajstić information content (AvgIpc) is 3.24. The van der Waals surface area contributed by atoms with Crippen molar-refractivity contribution in [1.29, 1.82) is 0 Å². The predicted octanol–water partition coefficient (Wildman–Crippen LogP) is 4.98. The summed E-state index contributed by atoms with van der Waals surface area (Å²) >= 11 is 1.13. The molecule has 0 radical (unpaired) electrons. The van der Waals surface area contributed by atoms with Crippen LogP contribution in [0.4, 0.5) is 10.8 Å². The Balaban J connectivity index is 1.63. The quantitative estimate of drug-likeness (QED) is 0.471. The number of sulfonamides is 1. The van der Waals surface area contributed by atoms with Crippen LogP contribution in [-0.2, 0) is 14.8 Å². The molecule has 3 aromatic rings. The third-order valence-corrected chi connectivity index (χ3v) is 5.89. The van der Waals surface area contributed by atoms with Gasteiger partial charge in [0.2, 0.25) is 15.9 Å². The Morgan fingerprint density at radius 1 is 1.20 bits per heavy atom. The number of carbonyl (C=O) groups excluding carboxylic acids is 1. The molecule has 0 unspecified atom stereocenters. The normalized spacial score (nSPS) is 11.4. The van der Waals surface area contributed by atoms with Crippen molar-refractivity contribution in [1.82, 2.24) is 4.98 Å². The van der Waals surface area contributed by atoms with Gasteiger partial charge in [0.25, 0.3) is 0 Å². The lowest BCUT2D eigenvalue weighted by Crippen LogP contribution is -2.08. The van der Waals surface area contributed by atoms with Gasteiger partial charge >= 0.3 is 0 Å². The molecule has 0 bridgehead atoms. The number of nitrogens with zero attached hydrogens (tertiary/aromatic N) is 2. The van der Waals surface area contributed by atoms with Crippen LogP contribution in [0.2, 0.25) is 0 Å². The van der Waals surface area contributed by atoms with Crippen LogP contribution < -0.4 is 10.1 Å². The smallest absolute Gasteiger partial charge is 0.248 e. The molecular weight excluding hydrogens is 422 g/mol. The van der Waals surface area contributed by atoms with Gasteiger partial charge in [-0.3, -0.25) is 4.79 Å². The highest BCUT2D eigenvalue weighted by molar-refractivity contribution is 7.94. The zero-order valence-electron chi connectivity index (χ0n) is 16.2. The lowest BCUT2D eigenvalue weighted by molar-refractivity contribution is -0.111. The number of amides is 1. The highest BCUT2D eigenvalue weighted by atomic mass is 32.2. The van der Waals surface area contributed by atoms with E-state index in [2.05, 4.69) is 15.0 Å². The first-order valence-corrected chi connectivity index (χ1v) is 11.5. The lowest BCUT2D eigenvalue weighted by Gasteiger charge is -2.12. The minimum absolute atomic E-state index is 0.0215. The number of carbonyl (C=O) groups is 1. The van der Waals surface area contributed by atoms with E-state index in [1.165, 1.54) is 36.5 Å². The van der Waals surface area contributed by atoms with Gasteiger partial charge in [-0.15, -0.1) is 0 Å². The molecule has 2 aromatic carbocycles. The van der Waals surface area contributed by atoms with Crippen LogP contribution in [0.3, 0.4) is 0 Å². The Kier molecular flexibility index (Phi) is 7.21. The molecule has 30 heavy (non-hydrogen) atoms. The van der Waals surface area contributed by atoms with Crippen molar-refractivity contribution in [3.8, 4) is 5.75 Å². The number of hydrogen-bond acceptors (Lipinski definition) is 6. The molecule has 7 nitrogen and oxygen atoms in total. The minimum Gasteiger partial charge on any atom is -0.493 e. The van der Waals surface area contributed by atoms with Gasteiger partial charge in [0.05, 0.1) is 11.5 Å². The van der Waals surface area contributed by atoms with Crippen molar-refractivity contribution < 1.29 is 17.9 Å². The first-order valence-electron chi connectivity index (χ1n) is 9.16. The topological polar surface area (TPSA) is 99.5 Å². The van der Waals surface area contributed by atoms with Crippen LogP contribution in [0.5, 0.6) is 5.75 Å². The monoisotopic (exact) mass is 442 g/mol. The van der Waals surface area contributed by atoms with E-state index in [0.29, 0.717) is 18.0 Å². The van der Waals surface area contributed by atoms with Gasteiger partial charge in [-0.1, -0.05) is 31.3 Å². The molecule has 0 aliphatic heterocycles. The van der Waals surface area contributed by atoms with E-state index < -0.39 is 10.0 Å². The third kappa shape index (κ3) is 5.91. The second-order valence-corrected chi connectivity index (χ2v) is 8.59. The summed E-state index contributed by atoms with van der Waals surface area (Å²) in [5, 5.41) is 4.51. The number of thiazole rings is 1. The molecule has 0 spiro atoms. The maximum Gasteiger partial charge on any atom is 0.248 e. The standard InChI is InChI=1S/C21H21N3O4S2/c1-2-14-28-19-6-4-3-5-16(19)7-12-20(25)23-17-8-10-18(11-9-17)30(26,27)24-21-22-13-15-29-21/h3-13,15H,2,14H2,1H3,(H2,22,23,24,25)/p-1. The minimum atomic E-state index is -3.85. The Morgan fingerprint density at radius 3 is 2.67 bits per heavy atom. The van der Waals surface area contributed by atoms with E-state index >= 15 is 0 Å². The number of para-hydroxylation sites is 1. The highest BCUT2D eigenvalue weighted by Crippen LogP contribution is 2.29. The van der Waals surface area contributed by atoms with E-state index in [1.54, 1.807) is 11.5 Å². The van der Waals surface area contributed by atoms with Gasteiger partial charge in [0.1, 0.15) is 5.75 Å². The van der Waals surface area contributed by atoms with Crippen LogP contribution >= 0.6 is 11.3 Å². The van der Waals surface area contributed by atoms with Crippen LogP contribution in [0, 0.1) is 0 Å². The maximum atomic E-state index is 12.3. The Bertz CT molecular complexity index is 1110. The van der Waals surface area contributed by atoms with Crippen molar-refractivity contribution in [3.63, 3.8) is 0 Å². The molecule has 0 saturated carbocycles. The van der Waals surface area contributed by atoms with E-state index in [4.69, 9.17) is 4.74 Å². The summed E-state index contributed by atoms with van der Waals surface area (Å²) in [7, 11) is -3.85. The van der Waals surface area contributed by atoms with Gasteiger partial charge in [0.15, 0.2) is 0 Å². The molecule has 0 saturated heterocycles. The van der Waals surface area contributed by atoms with Crippen LogP contribution in [-0.4, -0.2) is 25.9 Å². The third-order valence-electron chi connectivity index (χ3n) is 3.83. The second kappa shape index (κ2) is 10.0. The van der Waals surface area contributed by atoms with E-state index in [1.807, 2.05) is 31.2 Å². The summed E-state index contributed by atoms with van der Waals surface area (Å²) in [5.41, 5.74) is 1.26. The summed E-state index contributed by atoms with van der Waals surface area (Å²) in [4.78, 5) is 16.1. The maximum absolute atomic E-state index is 12.3. The summed E-state index contributed by atoms with van der Waals surface area (Å²) < 4.78 is 33.9. The number of ether oxygens (including phenoxy) is 1. The van der Waals surface area contributed by atoms with Crippen molar-refractivity contribution in [3.05, 3.63) is 76.5 Å². The van der Waals surface area contributed by atoms with Gasteiger partial charge in [-0.25, -0.2) is 8.42 Å². The molecule has 3 rings (SSSR count). The Labute approximate surface area is 179 Å². The summed E-state index contributed by atoms with van der Waals surface area (Å²) in [6.45, 7) is 2.62. The lowest BCUT2D eigenvalue weighted by atomic mass is 10.2. The molecule has 0 atom stereocenters. The van der Waals surface area contributed by atoms with E-state index in [0.717, 1.165) is 23.3 Å². The molecule has 9 heteroatoms. The summed E-state index contributed by atoms with van der Waals surface area (Å²) in [5.74, 6) is 0.366. The first kappa shape index (κ1) is 21.5. The first-order chi connectivity index (χ1) is 14.5. The predicted molar refractivity (Wildman–Crippen MR) is 119 cm³/mol. The Hall–Kier alpha value is -3.17. The van der Waals surface area contributed by atoms with Crippen molar-refractivity contribution >= 4 is 44.2 Å². The van der Waals surface area contributed by atoms with Crippen molar-refractivity contribution in [2.75, 3.05) is 11.9 Å². The van der Waals surface area contributed by atoms with Crippen molar-refractivity contribution in [2.45, 2.75) is 18.2 Å². The SMILES string of the molecule is CCCOc1ccccc1C=CC(=O)Nc1ccc(S(=O)(=O)[N-]c2nccs2)cc1. The molecule has 1 aromatic heterocycles. The number of anilines is 1. The van der Waals surface area contributed by atoms with Gasteiger partial charge in [-0.2, -0.15) is 11.3 Å². The van der Waals surface area contributed by atoms with E-state index in [9.17, 15) is 13.2 Å². The largest absolute Gasteiger partial charge is 0.493 e. The van der Waals surface area contributed by atoms with Gasteiger partial charge < -0.3 is 19.8 Å². The molecule has 1 N–H and O–H groups in total. The zero-order valence-corrected chi connectivity index (χ0v) is 17.8. The molecular formula is C21H20N3O4S2-. The summed E-state index contributed by atoms with van der Waals surface area (Å²) in [6.07, 6.45) is 5.45. The molecule has 0 aliphatic carbocycles. The van der Waals surface area contributed by atoms with Gasteiger partial charge in [0, 0.05) is 22.5 Å². The zero-order chi connectivity index (χ0) is 21.4. The fraction of sp³-hybridized carbons (Fsp3) is 0.143. The van der Waals surface area contributed by atoms with Gasteiger partial charge in [-0.05, 0) is 48.2 Å².